The summed E-state index contributed by atoms with van der Waals surface area (Å²) in [7, 11) is 0. The molecule has 1 amide bonds. The third-order valence-electron chi connectivity index (χ3n) is 1.41. The van der Waals surface area contributed by atoms with E-state index in [1.54, 1.807) is 0 Å². The average Bonchev–Trinajstić information content (AvgIpc) is 2.16. The van der Waals surface area contributed by atoms with Crippen molar-refractivity contribution in [2.75, 3.05) is 0 Å². The van der Waals surface area contributed by atoms with Crippen LogP contribution in [0.15, 0.2) is 29.4 Å². The van der Waals surface area contributed by atoms with Gasteiger partial charge < -0.3 is 0 Å². The summed E-state index contributed by atoms with van der Waals surface area (Å²) < 4.78 is 0. The molecular weight excluding hydrogens is 176 g/mol. The molecule has 0 aliphatic rings. The number of nitro benzene ring substituents is 1. The third-order valence-corrected chi connectivity index (χ3v) is 1.41. The molecule has 0 spiro atoms. The van der Waals surface area contributed by atoms with Gasteiger partial charge in [-0.2, -0.15) is 0 Å². The molecule has 1 rings (SSSR count). The lowest BCUT2D eigenvalue weighted by Gasteiger charge is -1.94. The van der Waals surface area contributed by atoms with E-state index in [1.807, 2.05) is 0 Å². The van der Waals surface area contributed by atoms with E-state index >= 15 is 0 Å². The van der Waals surface area contributed by atoms with Crippen LogP contribution in [0.2, 0.25) is 0 Å². The van der Waals surface area contributed by atoms with Crippen LogP contribution < -0.4 is 0 Å². The van der Waals surface area contributed by atoms with Crippen molar-refractivity contribution in [1.82, 2.24) is 0 Å². The highest BCUT2D eigenvalue weighted by atomic mass is 16.6. The predicted molar refractivity (Wildman–Crippen MR) is 43.2 cm³/mol. The highest BCUT2D eigenvalue weighted by Crippen LogP contribution is 2.17. The van der Waals surface area contributed by atoms with Crippen molar-refractivity contribution in [2.24, 2.45) is 5.18 Å². The molecule has 1 aromatic rings. The molecule has 6 nitrogen and oxygen atoms in total. The fraction of sp³-hybridized carbons (Fsp3) is 0. The van der Waals surface area contributed by atoms with E-state index in [4.69, 9.17) is 0 Å². The first-order chi connectivity index (χ1) is 6.16. The molecule has 0 aromatic heterocycles. The maximum atomic E-state index is 10.8. The standard InChI is InChI=1S/C7H4N2O4/c10-7(8-11)5-3-1-2-4-6(5)9(12)13/h1-4H. The van der Waals surface area contributed by atoms with Crippen molar-refractivity contribution in [3.05, 3.63) is 44.9 Å². The van der Waals surface area contributed by atoms with Crippen LogP contribution in [0.4, 0.5) is 5.69 Å². The van der Waals surface area contributed by atoms with Gasteiger partial charge in [0.2, 0.25) is 0 Å². The number of nitrogens with zero attached hydrogens (tertiary/aromatic N) is 2. The highest BCUT2D eigenvalue weighted by Gasteiger charge is 2.19. The van der Waals surface area contributed by atoms with Crippen molar-refractivity contribution in [2.45, 2.75) is 0 Å². The van der Waals surface area contributed by atoms with Gasteiger partial charge in [-0.15, -0.1) is 4.91 Å². The fourth-order valence-electron chi connectivity index (χ4n) is 0.863. The Morgan fingerprint density at radius 3 is 2.54 bits per heavy atom. The lowest BCUT2D eigenvalue weighted by atomic mass is 10.2. The van der Waals surface area contributed by atoms with E-state index in [-0.39, 0.29) is 5.56 Å². The van der Waals surface area contributed by atoms with Crippen LogP contribution >= 0.6 is 0 Å². The van der Waals surface area contributed by atoms with Crippen LogP contribution in [0.3, 0.4) is 0 Å². The normalized spacial score (nSPS) is 9.23. The number of hydrogen-bond donors (Lipinski definition) is 0. The second-order valence-corrected chi connectivity index (χ2v) is 2.17. The summed E-state index contributed by atoms with van der Waals surface area (Å²) in [6.07, 6.45) is 0. The van der Waals surface area contributed by atoms with E-state index in [9.17, 15) is 19.8 Å². The number of benzene rings is 1. The van der Waals surface area contributed by atoms with E-state index in [1.165, 1.54) is 18.2 Å². The minimum atomic E-state index is -1.13. The molecule has 0 aliphatic carbocycles. The van der Waals surface area contributed by atoms with Crippen molar-refractivity contribution in [3.8, 4) is 0 Å². The average molecular weight is 180 g/mol. The Morgan fingerprint density at radius 1 is 1.38 bits per heavy atom. The molecule has 0 aliphatic heterocycles. The van der Waals surface area contributed by atoms with Crippen molar-refractivity contribution in [3.63, 3.8) is 0 Å². The zero-order valence-corrected chi connectivity index (χ0v) is 6.34. The lowest BCUT2D eigenvalue weighted by molar-refractivity contribution is -0.385. The molecular formula is C7H4N2O4. The number of carbonyl (C=O) groups is 1. The summed E-state index contributed by atoms with van der Waals surface area (Å²) in [6, 6.07) is 5.14. The Balaban J connectivity index is 3.27. The number of para-hydroxylation sites is 1. The van der Waals surface area contributed by atoms with Crippen LogP contribution in [0, 0.1) is 15.0 Å². The van der Waals surface area contributed by atoms with Crippen molar-refractivity contribution >= 4 is 11.6 Å². The lowest BCUT2D eigenvalue weighted by Crippen LogP contribution is -1.99. The molecule has 0 unspecified atom stereocenters. The molecule has 0 bridgehead atoms. The van der Waals surface area contributed by atoms with Gasteiger partial charge >= 0.3 is 5.91 Å². The largest absolute Gasteiger partial charge is 0.323 e. The van der Waals surface area contributed by atoms with Crippen LogP contribution in [-0.2, 0) is 0 Å². The Hall–Kier alpha value is -2.11. The molecule has 0 heterocycles. The zero-order valence-electron chi connectivity index (χ0n) is 6.34. The predicted octanol–water partition coefficient (Wildman–Crippen LogP) is 1.50. The zero-order chi connectivity index (χ0) is 9.84. The number of nitro groups is 1. The van der Waals surface area contributed by atoms with Crippen LogP contribution in [0.5, 0.6) is 0 Å². The summed E-state index contributed by atoms with van der Waals surface area (Å²) >= 11 is 0. The Kier molecular flexibility index (Phi) is 2.44. The van der Waals surface area contributed by atoms with Gasteiger partial charge in [-0.1, -0.05) is 12.1 Å². The van der Waals surface area contributed by atoms with Crippen LogP contribution in [0.1, 0.15) is 10.4 Å². The SMILES string of the molecule is O=NC(=O)c1ccccc1[N+](=O)[O-]. The number of nitroso groups, excluding NO2 is 1. The molecule has 0 saturated carbocycles. The summed E-state index contributed by atoms with van der Waals surface area (Å²) in [5.74, 6) is -1.13. The number of amides is 1. The molecule has 6 heteroatoms. The van der Waals surface area contributed by atoms with Gasteiger partial charge in [0.1, 0.15) is 5.56 Å². The monoisotopic (exact) mass is 180 g/mol. The molecule has 1 aromatic carbocycles. The topological polar surface area (TPSA) is 89.6 Å². The maximum absolute atomic E-state index is 10.8. The van der Waals surface area contributed by atoms with E-state index < -0.39 is 16.5 Å². The van der Waals surface area contributed by atoms with Gasteiger partial charge in [-0.3, -0.25) is 14.9 Å². The first-order valence-electron chi connectivity index (χ1n) is 3.28. The van der Waals surface area contributed by atoms with E-state index in [0.29, 0.717) is 0 Å². The first-order valence-corrected chi connectivity index (χ1v) is 3.28. The van der Waals surface area contributed by atoms with Crippen molar-refractivity contribution < 1.29 is 9.72 Å². The first kappa shape index (κ1) is 8.98. The maximum Gasteiger partial charge on any atom is 0.323 e. The summed E-state index contributed by atoms with van der Waals surface area (Å²) in [4.78, 5) is 30.2. The van der Waals surface area contributed by atoms with Gasteiger partial charge in [0.05, 0.1) is 4.92 Å². The van der Waals surface area contributed by atoms with Gasteiger partial charge in [0.25, 0.3) is 5.69 Å². The quantitative estimate of drug-likeness (QED) is 0.391. The van der Waals surface area contributed by atoms with Crippen LogP contribution in [-0.4, -0.2) is 10.8 Å². The Labute approximate surface area is 72.3 Å². The minimum absolute atomic E-state index is 0.289. The van der Waals surface area contributed by atoms with E-state index in [2.05, 4.69) is 5.18 Å². The molecule has 13 heavy (non-hydrogen) atoms. The fourth-order valence-corrected chi connectivity index (χ4v) is 0.863. The van der Waals surface area contributed by atoms with Gasteiger partial charge in [0, 0.05) is 11.2 Å². The number of carbonyl (C=O) groups excluding carboxylic acids is 1. The summed E-state index contributed by atoms with van der Waals surface area (Å²) in [5, 5.41) is 12.5. The minimum Gasteiger partial charge on any atom is -0.263 e. The van der Waals surface area contributed by atoms with Gasteiger partial charge in [-0.25, -0.2) is 0 Å². The molecule has 0 radical (unpaired) electrons. The summed E-state index contributed by atoms with van der Waals surface area (Å²) in [6.45, 7) is 0. The number of rotatable bonds is 2. The molecule has 0 saturated heterocycles. The Bertz CT molecular complexity index is 375. The van der Waals surface area contributed by atoms with Gasteiger partial charge in [0.15, 0.2) is 0 Å². The summed E-state index contributed by atoms with van der Waals surface area (Å²) in [5.41, 5.74) is -0.699. The van der Waals surface area contributed by atoms with Gasteiger partial charge in [-0.05, 0) is 6.07 Å². The van der Waals surface area contributed by atoms with Crippen molar-refractivity contribution in [1.29, 1.82) is 0 Å². The number of hydrogen-bond acceptors (Lipinski definition) is 4. The van der Waals surface area contributed by atoms with Crippen LogP contribution in [0.25, 0.3) is 0 Å². The second-order valence-electron chi connectivity index (χ2n) is 2.17. The Morgan fingerprint density at radius 2 is 2.00 bits per heavy atom. The smallest absolute Gasteiger partial charge is 0.263 e. The third kappa shape index (κ3) is 1.73. The molecule has 0 N–H and O–H groups in total. The molecule has 0 fully saturated rings. The van der Waals surface area contributed by atoms with E-state index in [0.717, 1.165) is 6.07 Å². The second kappa shape index (κ2) is 3.53. The molecule has 66 valence electrons. The highest BCUT2D eigenvalue weighted by molar-refractivity contribution is 5.98. The molecule has 0 atom stereocenters.